The number of likely N-dealkylation sites (N-methyl/N-ethyl adjacent to an activating group) is 1. The van der Waals surface area contributed by atoms with Crippen LogP contribution in [0.5, 0.6) is 0 Å². The molecule has 0 radical (unpaired) electrons. The van der Waals surface area contributed by atoms with Crippen molar-refractivity contribution in [2.75, 3.05) is 13.6 Å². The molecule has 0 saturated carbocycles. The number of carboxylic acid groups (broad SMARTS) is 1. The summed E-state index contributed by atoms with van der Waals surface area (Å²) in [5.74, 6) is -0.775. The standard InChI is InChI=1S/C20H23N5O2/c1-13-16(10-22-24(13)3)19-18(14-7-5-4-6-8-14)21-12-25(19)15-9-17(20(26)27)23(2)11-15/h4-8,10,12,15,17H,9,11H2,1-3H3,(H,26,27)/t15-,17-/m0/s1. The minimum Gasteiger partial charge on any atom is -0.480 e. The van der Waals surface area contributed by atoms with Crippen molar-refractivity contribution in [1.29, 1.82) is 0 Å². The quantitative estimate of drug-likeness (QED) is 0.769. The molecule has 3 aromatic rings. The van der Waals surface area contributed by atoms with Gasteiger partial charge in [0.1, 0.15) is 6.04 Å². The molecule has 1 fully saturated rings. The fourth-order valence-electron chi connectivity index (χ4n) is 3.91. The molecule has 0 amide bonds. The largest absolute Gasteiger partial charge is 0.480 e. The minimum absolute atomic E-state index is 0.0515. The van der Waals surface area contributed by atoms with E-state index in [1.807, 2.05) is 73.5 Å². The third-order valence-electron chi connectivity index (χ3n) is 5.54. The van der Waals surface area contributed by atoms with Gasteiger partial charge in [-0.2, -0.15) is 5.10 Å². The van der Waals surface area contributed by atoms with Gasteiger partial charge in [-0.25, -0.2) is 4.98 Å². The summed E-state index contributed by atoms with van der Waals surface area (Å²) < 4.78 is 3.98. The van der Waals surface area contributed by atoms with Crippen LogP contribution < -0.4 is 0 Å². The van der Waals surface area contributed by atoms with Gasteiger partial charge < -0.3 is 9.67 Å². The van der Waals surface area contributed by atoms with Crippen molar-refractivity contribution in [2.45, 2.75) is 25.4 Å². The molecule has 0 aliphatic carbocycles. The third kappa shape index (κ3) is 2.94. The van der Waals surface area contributed by atoms with Gasteiger partial charge >= 0.3 is 5.97 Å². The van der Waals surface area contributed by atoms with Gasteiger partial charge in [0.25, 0.3) is 0 Å². The summed E-state index contributed by atoms with van der Waals surface area (Å²) in [7, 11) is 3.79. The van der Waals surface area contributed by atoms with E-state index < -0.39 is 12.0 Å². The molecule has 140 valence electrons. The fraction of sp³-hybridized carbons (Fsp3) is 0.350. The van der Waals surface area contributed by atoms with E-state index in [2.05, 4.69) is 9.67 Å². The van der Waals surface area contributed by atoms with E-state index in [1.54, 1.807) is 0 Å². The molecule has 0 spiro atoms. The number of rotatable bonds is 4. The highest BCUT2D eigenvalue weighted by Gasteiger charge is 2.37. The van der Waals surface area contributed by atoms with Gasteiger partial charge in [0.05, 0.1) is 23.9 Å². The van der Waals surface area contributed by atoms with Gasteiger partial charge in [-0.3, -0.25) is 14.4 Å². The highest BCUT2D eigenvalue weighted by molar-refractivity contribution is 5.80. The van der Waals surface area contributed by atoms with Gasteiger partial charge in [0.2, 0.25) is 0 Å². The van der Waals surface area contributed by atoms with Crippen molar-refractivity contribution in [3.8, 4) is 22.5 Å². The SMILES string of the molecule is Cc1c(-c2c(-c3ccccc3)ncn2[C@H]2C[C@@H](C(=O)O)N(C)C2)cnn1C. The molecule has 4 rings (SSSR count). The van der Waals surface area contributed by atoms with Crippen molar-refractivity contribution in [2.24, 2.45) is 7.05 Å². The first-order valence-electron chi connectivity index (χ1n) is 9.01. The zero-order chi connectivity index (χ0) is 19.1. The number of likely N-dealkylation sites (tertiary alicyclic amines) is 1. The van der Waals surface area contributed by atoms with Crippen LogP contribution in [-0.2, 0) is 11.8 Å². The number of aryl methyl sites for hydroxylation is 1. The molecule has 27 heavy (non-hydrogen) atoms. The fourth-order valence-corrected chi connectivity index (χ4v) is 3.91. The second kappa shape index (κ2) is 6.66. The smallest absolute Gasteiger partial charge is 0.320 e. The Balaban J connectivity index is 1.85. The van der Waals surface area contributed by atoms with E-state index in [1.165, 1.54) is 0 Å². The molecular formula is C20H23N5O2. The van der Waals surface area contributed by atoms with Gasteiger partial charge in [-0.05, 0) is 20.4 Å². The molecule has 2 aromatic heterocycles. The summed E-state index contributed by atoms with van der Waals surface area (Å²) in [6, 6.07) is 9.65. The van der Waals surface area contributed by atoms with Crippen molar-refractivity contribution in [1.82, 2.24) is 24.2 Å². The first-order valence-corrected chi connectivity index (χ1v) is 9.01. The molecule has 1 N–H and O–H groups in total. The molecular weight excluding hydrogens is 342 g/mol. The number of carbonyl (C=O) groups is 1. The topological polar surface area (TPSA) is 76.2 Å². The molecule has 1 aromatic carbocycles. The Bertz CT molecular complexity index is 976. The Morgan fingerprint density at radius 3 is 2.56 bits per heavy atom. The average molecular weight is 365 g/mol. The third-order valence-corrected chi connectivity index (χ3v) is 5.54. The Kier molecular flexibility index (Phi) is 4.31. The lowest BCUT2D eigenvalue weighted by Crippen LogP contribution is -2.32. The zero-order valence-corrected chi connectivity index (χ0v) is 15.7. The summed E-state index contributed by atoms with van der Waals surface area (Å²) in [6.45, 7) is 2.71. The number of hydrogen-bond donors (Lipinski definition) is 1. The second-order valence-electron chi connectivity index (χ2n) is 7.17. The highest BCUT2D eigenvalue weighted by Crippen LogP contribution is 2.37. The number of nitrogens with zero attached hydrogens (tertiary/aromatic N) is 5. The van der Waals surface area contributed by atoms with Crippen LogP contribution in [-0.4, -0.2) is 54.9 Å². The van der Waals surface area contributed by atoms with E-state index in [-0.39, 0.29) is 6.04 Å². The molecule has 3 heterocycles. The van der Waals surface area contributed by atoms with E-state index in [4.69, 9.17) is 4.98 Å². The predicted octanol–water partition coefficient (Wildman–Crippen LogP) is 2.59. The lowest BCUT2D eigenvalue weighted by atomic mass is 10.0. The summed E-state index contributed by atoms with van der Waals surface area (Å²) in [4.78, 5) is 18.2. The number of carboxylic acids is 1. The maximum Gasteiger partial charge on any atom is 0.320 e. The predicted molar refractivity (Wildman–Crippen MR) is 102 cm³/mol. The maximum absolute atomic E-state index is 11.5. The lowest BCUT2D eigenvalue weighted by Gasteiger charge is -2.16. The number of aromatic nitrogens is 4. The normalized spacial score (nSPS) is 20.3. The van der Waals surface area contributed by atoms with E-state index >= 15 is 0 Å². The molecule has 1 aliphatic heterocycles. The van der Waals surface area contributed by atoms with Gasteiger partial charge in [0.15, 0.2) is 0 Å². The van der Waals surface area contributed by atoms with Gasteiger partial charge in [-0.15, -0.1) is 0 Å². The van der Waals surface area contributed by atoms with Crippen LogP contribution in [0.15, 0.2) is 42.9 Å². The number of aliphatic carboxylic acids is 1. The van der Waals surface area contributed by atoms with Gasteiger partial charge in [0, 0.05) is 36.5 Å². The molecule has 0 unspecified atom stereocenters. The van der Waals surface area contributed by atoms with E-state index in [0.717, 1.165) is 28.2 Å². The van der Waals surface area contributed by atoms with Crippen molar-refractivity contribution in [3.63, 3.8) is 0 Å². The molecule has 7 nitrogen and oxygen atoms in total. The Morgan fingerprint density at radius 2 is 1.96 bits per heavy atom. The molecule has 2 atom stereocenters. The first-order chi connectivity index (χ1) is 13.0. The molecule has 1 aliphatic rings. The molecule has 1 saturated heterocycles. The Morgan fingerprint density at radius 1 is 1.22 bits per heavy atom. The van der Waals surface area contributed by atoms with E-state index in [9.17, 15) is 9.90 Å². The monoisotopic (exact) mass is 365 g/mol. The summed E-state index contributed by atoms with van der Waals surface area (Å²) >= 11 is 0. The van der Waals surface area contributed by atoms with Crippen LogP contribution in [0.1, 0.15) is 18.2 Å². The van der Waals surface area contributed by atoms with Crippen molar-refractivity contribution < 1.29 is 9.90 Å². The highest BCUT2D eigenvalue weighted by atomic mass is 16.4. The van der Waals surface area contributed by atoms with Crippen molar-refractivity contribution in [3.05, 3.63) is 48.5 Å². The van der Waals surface area contributed by atoms with Crippen LogP contribution in [0, 0.1) is 6.92 Å². The number of hydrogen-bond acceptors (Lipinski definition) is 4. The lowest BCUT2D eigenvalue weighted by molar-refractivity contribution is -0.141. The summed E-state index contributed by atoms with van der Waals surface area (Å²) in [6.07, 6.45) is 4.26. The first kappa shape index (κ1) is 17.5. The second-order valence-corrected chi connectivity index (χ2v) is 7.17. The average Bonchev–Trinajstić information content (AvgIpc) is 3.33. The Hall–Kier alpha value is -2.93. The zero-order valence-electron chi connectivity index (χ0n) is 15.7. The van der Waals surface area contributed by atoms with Crippen LogP contribution >= 0.6 is 0 Å². The Labute approximate surface area is 157 Å². The summed E-state index contributed by atoms with van der Waals surface area (Å²) in [5.41, 5.74) is 5.00. The van der Waals surface area contributed by atoms with E-state index in [0.29, 0.717) is 13.0 Å². The maximum atomic E-state index is 11.5. The van der Waals surface area contributed by atoms with Crippen LogP contribution in [0.3, 0.4) is 0 Å². The van der Waals surface area contributed by atoms with Crippen LogP contribution in [0.2, 0.25) is 0 Å². The number of imidazole rings is 1. The van der Waals surface area contributed by atoms with Crippen LogP contribution in [0.25, 0.3) is 22.5 Å². The summed E-state index contributed by atoms with van der Waals surface area (Å²) in [5, 5.41) is 13.9. The molecule has 7 heteroatoms. The number of benzene rings is 1. The minimum atomic E-state index is -0.775. The van der Waals surface area contributed by atoms with Crippen molar-refractivity contribution >= 4 is 5.97 Å². The van der Waals surface area contributed by atoms with Crippen LogP contribution in [0.4, 0.5) is 0 Å². The molecule has 0 bridgehead atoms. The van der Waals surface area contributed by atoms with Gasteiger partial charge in [-0.1, -0.05) is 30.3 Å².